The van der Waals surface area contributed by atoms with E-state index < -0.39 is 0 Å². The van der Waals surface area contributed by atoms with E-state index in [0.717, 1.165) is 29.7 Å². The third kappa shape index (κ3) is 3.92. The van der Waals surface area contributed by atoms with Crippen LogP contribution in [0.3, 0.4) is 0 Å². The van der Waals surface area contributed by atoms with Crippen LogP contribution in [-0.2, 0) is 6.54 Å². The fourth-order valence-electron chi connectivity index (χ4n) is 2.39. The molecule has 21 heavy (non-hydrogen) atoms. The van der Waals surface area contributed by atoms with Gasteiger partial charge in [0.1, 0.15) is 5.82 Å². The molecular weight excluding hydrogens is 261 g/mol. The highest BCUT2D eigenvalue weighted by Gasteiger charge is 2.06. The van der Waals surface area contributed by atoms with E-state index in [1.165, 1.54) is 5.56 Å². The first-order valence-electron chi connectivity index (χ1n) is 7.75. The standard InChI is InChI=1S/C19H24FN/c1-4-14(3)15-6-8-16(9-7-15)17-10-11-19(20)18(12-17)13-21-5-2/h6-12,14,21H,4-5,13H2,1-3H3. The van der Waals surface area contributed by atoms with Gasteiger partial charge in [-0.05, 0) is 47.7 Å². The van der Waals surface area contributed by atoms with Crippen molar-refractivity contribution in [3.63, 3.8) is 0 Å². The summed E-state index contributed by atoms with van der Waals surface area (Å²) in [5, 5.41) is 3.18. The van der Waals surface area contributed by atoms with Crippen molar-refractivity contribution in [2.45, 2.75) is 39.7 Å². The highest BCUT2D eigenvalue weighted by molar-refractivity contribution is 5.64. The average Bonchev–Trinajstić information content (AvgIpc) is 2.53. The minimum atomic E-state index is -0.143. The molecule has 0 spiro atoms. The third-order valence-corrected chi connectivity index (χ3v) is 4.04. The molecule has 2 aromatic carbocycles. The number of hydrogen-bond donors (Lipinski definition) is 1. The second kappa shape index (κ2) is 7.37. The lowest BCUT2D eigenvalue weighted by molar-refractivity contribution is 0.593. The van der Waals surface area contributed by atoms with E-state index in [4.69, 9.17) is 0 Å². The highest BCUT2D eigenvalue weighted by atomic mass is 19.1. The van der Waals surface area contributed by atoms with Crippen LogP contribution < -0.4 is 5.32 Å². The van der Waals surface area contributed by atoms with Crippen LogP contribution in [0, 0.1) is 5.82 Å². The zero-order valence-electron chi connectivity index (χ0n) is 13.1. The van der Waals surface area contributed by atoms with Crippen molar-refractivity contribution in [2.24, 2.45) is 0 Å². The maximum Gasteiger partial charge on any atom is 0.127 e. The molecule has 1 nitrogen and oxygen atoms in total. The van der Waals surface area contributed by atoms with E-state index in [1.807, 2.05) is 19.1 Å². The molecule has 0 amide bonds. The van der Waals surface area contributed by atoms with Crippen LogP contribution in [0.15, 0.2) is 42.5 Å². The molecular formula is C19H24FN. The normalized spacial score (nSPS) is 12.4. The van der Waals surface area contributed by atoms with Gasteiger partial charge in [-0.15, -0.1) is 0 Å². The largest absolute Gasteiger partial charge is 0.313 e. The summed E-state index contributed by atoms with van der Waals surface area (Å²) in [6, 6.07) is 14.0. The van der Waals surface area contributed by atoms with E-state index in [2.05, 4.69) is 43.4 Å². The first-order chi connectivity index (χ1) is 10.2. The molecule has 0 aliphatic carbocycles. The topological polar surface area (TPSA) is 12.0 Å². The summed E-state index contributed by atoms with van der Waals surface area (Å²) in [7, 11) is 0. The van der Waals surface area contributed by atoms with Gasteiger partial charge in [0, 0.05) is 12.1 Å². The van der Waals surface area contributed by atoms with E-state index in [0.29, 0.717) is 12.5 Å². The Morgan fingerprint density at radius 2 is 1.67 bits per heavy atom. The van der Waals surface area contributed by atoms with Crippen molar-refractivity contribution >= 4 is 0 Å². The molecule has 0 aromatic heterocycles. The molecule has 0 saturated heterocycles. The van der Waals surface area contributed by atoms with Crippen LogP contribution in [0.25, 0.3) is 11.1 Å². The number of halogens is 1. The van der Waals surface area contributed by atoms with Crippen LogP contribution in [0.5, 0.6) is 0 Å². The summed E-state index contributed by atoms with van der Waals surface area (Å²) < 4.78 is 13.8. The molecule has 0 aliphatic rings. The van der Waals surface area contributed by atoms with Gasteiger partial charge in [-0.1, -0.05) is 51.1 Å². The lowest BCUT2D eigenvalue weighted by Gasteiger charge is -2.11. The quantitative estimate of drug-likeness (QED) is 0.777. The molecule has 2 rings (SSSR count). The maximum atomic E-state index is 13.8. The minimum Gasteiger partial charge on any atom is -0.313 e. The van der Waals surface area contributed by atoms with E-state index in [1.54, 1.807) is 6.07 Å². The molecule has 0 saturated carbocycles. The number of benzene rings is 2. The van der Waals surface area contributed by atoms with Gasteiger partial charge < -0.3 is 5.32 Å². The summed E-state index contributed by atoms with van der Waals surface area (Å²) in [4.78, 5) is 0. The third-order valence-electron chi connectivity index (χ3n) is 4.04. The molecule has 112 valence electrons. The molecule has 0 fully saturated rings. The first-order valence-corrected chi connectivity index (χ1v) is 7.75. The second-order valence-corrected chi connectivity index (χ2v) is 5.52. The minimum absolute atomic E-state index is 0.143. The van der Waals surface area contributed by atoms with Gasteiger partial charge in [0.15, 0.2) is 0 Å². The molecule has 2 aromatic rings. The van der Waals surface area contributed by atoms with E-state index >= 15 is 0 Å². The van der Waals surface area contributed by atoms with Crippen LogP contribution >= 0.6 is 0 Å². The molecule has 0 radical (unpaired) electrons. The van der Waals surface area contributed by atoms with Gasteiger partial charge in [0.05, 0.1) is 0 Å². The molecule has 0 aliphatic heterocycles. The number of nitrogens with one attached hydrogen (secondary N) is 1. The SMILES string of the molecule is CCNCc1cc(-c2ccc(C(C)CC)cc2)ccc1F. The molecule has 1 N–H and O–H groups in total. The Balaban J connectivity index is 2.25. The molecule has 0 bridgehead atoms. The van der Waals surface area contributed by atoms with Gasteiger partial charge in [0.25, 0.3) is 0 Å². The Hall–Kier alpha value is -1.67. The Morgan fingerprint density at radius 1 is 1.00 bits per heavy atom. The van der Waals surface area contributed by atoms with Crippen molar-refractivity contribution in [2.75, 3.05) is 6.54 Å². The second-order valence-electron chi connectivity index (χ2n) is 5.52. The lowest BCUT2D eigenvalue weighted by Crippen LogP contribution is -2.12. The van der Waals surface area contributed by atoms with E-state index in [9.17, 15) is 4.39 Å². The summed E-state index contributed by atoms with van der Waals surface area (Å²) in [6.45, 7) is 7.87. The summed E-state index contributed by atoms with van der Waals surface area (Å²) in [5.74, 6) is 0.438. The molecule has 1 atom stereocenters. The Labute approximate surface area is 127 Å². The monoisotopic (exact) mass is 285 g/mol. The van der Waals surface area contributed by atoms with Crippen LogP contribution in [0.1, 0.15) is 44.2 Å². The highest BCUT2D eigenvalue weighted by Crippen LogP contribution is 2.25. The lowest BCUT2D eigenvalue weighted by atomic mass is 9.95. The maximum absolute atomic E-state index is 13.8. The average molecular weight is 285 g/mol. The predicted octanol–water partition coefficient (Wildman–Crippen LogP) is 5.12. The van der Waals surface area contributed by atoms with Crippen molar-refractivity contribution in [3.8, 4) is 11.1 Å². The smallest absolute Gasteiger partial charge is 0.127 e. The Bertz CT molecular complexity index is 575. The van der Waals surface area contributed by atoms with Crippen molar-refractivity contribution in [3.05, 3.63) is 59.4 Å². The van der Waals surface area contributed by atoms with Gasteiger partial charge in [-0.2, -0.15) is 0 Å². The van der Waals surface area contributed by atoms with Crippen molar-refractivity contribution in [1.82, 2.24) is 5.32 Å². The van der Waals surface area contributed by atoms with Crippen molar-refractivity contribution in [1.29, 1.82) is 0 Å². The van der Waals surface area contributed by atoms with Crippen LogP contribution in [0.2, 0.25) is 0 Å². The summed E-state index contributed by atoms with van der Waals surface area (Å²) in [6.07, 6.45) is 1.14. The van der Waals surface area contributed by atoms with Gasteiger partial charge in [-0.25, -0.2) is 4.39 Å². The Kier molecular flexibility index (Phi) is 5.51. The molecule has 0 heterocycles. The van der Waals surface area contributed by atoms with Gasteiger partial charge in [0.2, 0.25) is 0 Å². The number of hydrogen-bond acceptors (Lipinski definition) is 1. The zero-order valence-corrected chi connectivity index (χ0v) is 13.1. The fourth-order valence-corrected chi connectivity index (χ4v) is 2.39. The van der Waals surface area contributed by atoms with Crippen molar-refractivity contribution < 1.29 is 4.39 Å². The van der Waals surface area contributed by atoms with Gasteiger partial charge in [-0.3, -0.25) is 0 Å². The van der Waals surface area contributed by atoms with Crippen LogP contribution in [0.4, 0.5) is 4.39 Å². The van der Waals surface area contributed by atoms with Gasteiger partial charge >= 0.3 is 0 Å². The Morgan fingerprint density at radius 3 is 2.29 bits per heavy atom. The first kappa shape index (κ1) is 15.7. The number of rotatable bonds is 6. The van der Waals surface area contributed by atoms with E-state index in [-0.39, 0.29) is 5.82 Å². The molecule has 2 heteroatoms. The van der Waals surface area contributed by atoms with Crippen LogP contribution in [-0.4, -0.2) is 6.54 Å². The molecule has 1 unspecified atom stereocenters. The fraction of sp³-hybridized carbons (Fsp3) is 0.368. The summed E-state index contributed by atoms with van der Waals surface area (Å²) in [5.41, 5.74) is 4.29. The summed E-state index contributed by atoms with van der Waals surface area (Å²) >= 11 is 0. The predicted molar refractivity (Wildman–Crippen MR) is 87.9 cm³/mol. The zero-order chi connectivity index (χ0) is 15.2.